The zero-order valence-electron chi connectivity index (χ0n) is 21.3. The van der Waals surface area contributed by atoms with Crippen molar-refractivity contribution in [1.29, 1.82) is 0 Å². The lowest BCUT2D eigenvalue weighted by molar-refractivity contribution is -0.119. The molecule has 1 aromatic heterocycles. The summed E-state index contributed by atoms with van der Waals surface area (Å²) >= 11 is 18.4. The predicted molar refractivity (Wildman–Crippen MR) is 158 cm³/mol. The first-order valence-corrected chi connectivity index (χ1v) is 14.4. The van der Waals surface area contributed by atoms with E-state index in [1.54, 1.807) is 49.4 Å². The number of carbonyl (C=O) groups excluding carboxylic acids is 1. The average molecular weight is 604 g/mol. The highest BCUT2D eigenvalue weighted by molar-refractivity contribution is 7.92. The summed E-state index contributed by atoms with van der Waals surface area (Å²) in [5.74, 6) is -0.622. The van der Waals surface area contributed by atoms with Gasteiger partial charge < -0.3 is 4.57 Å². The number of aromatic nitrogens is 1. The Labute approximate surface area is 242 Å². The van der Waals surface area contributed by atoms with Crippen molar-refractivity contribution in [2.45, 2.75) is 25.7 Å². The number of rotatable bonds is 8. The molecule has 0 radical (unpaired) electrons. The minimum absolute atomic E-state index is 0.0513. The van der Waals surface area contributed by atoms with E-state index in [4.69, 9.17) is 34.8 Å². The highest BCUT2D eigenvalue weighted by Gasteiger charge is 2.28. The first-order chi connectivity index (χ1) is 18.5. The van der Waals surface area contributed by atoms with Crippen molar-refractivity contribution >= 4 is 62.6 Å². The van der Waals surface area contributed by atoms with E-state index in [9.17, 15) is 13.2 Å². The quantitative estimate of drug-likeness (QED) is 0.180. The molecule has 0 saturated carbocycles. The largest absolute Gasteiger partial charge is 0.318 e. The maximum Gasteiger partial charge on any atom is 0.264 e. The monoisotopic (exact) mass is 602 g/mol. The van der Waals surface area contributed by atoms with Crippen LogP contribution in [0.15, 0.2) is 82.8 Å². The number of nitrogens with zero attached hydrogens (tertiary/aromatic N) is 3. The van der Waals surface area contributed by atoms with Crippen LogP contribution in [0, 0.1) is 20.8 Å². The van der Waals surface area contributed by atoms with Crippen molar-refractivity contribution in [1.82, 2.24) is 9.99 Å². The van der Waals surface area contributed by atoms with Crippen LogP contribution >= 0.6 is 34.8 Å². The van der Waals surface area contributed by atoms with Gasteiger partial charge in [-0.2, -0.15) is 5.10 Å². The number of anilines is 1. The van der Waals surface area contributed by atoms with E-state index in [0.29, 0.717) is 26.3 Å². The topological polar surface area (TPSA) is 83.8 Å². The molecule has 0 atom stereocenters. The predicted octanol–water partition coefficient (Wildman–Crippen LogP) is 6.71. The molecule has 4 aromatic rings. The van der Waals surface area contributed by atoms with Crippen LogP contribution in [-0.4, -0.2) is 31.7 Å². The second kappa shape index (κ2) is 11.8. The summed E-state index contributed by atoms with van der Waals surface area (Å²) < 4.78 is 30.1. The summed E-state index contributed by atoms with van der Waals surface area (Å²) in [4.78, 5) is 13.0. The van der Waals surface area contributed by atoms with Gasteiger partial charge in [0.1, 0.15) is 6.54 Å². The highest BCUT2D eigenvalue weighted by atomic mass is 35.5. The summed E-state index contributed by atoms with van der Waals surface area (Å²) in [6.07, 6.45) is 1.51. The van der Waals surface area contributed by atoms with E-state index in [-0.39, 0.29) is 4.90 Å². The van der Waals surface area contributed by atoms with Crippen LogP contribution in [0.3, 0.4) is 0 Å². The molecule has 7 nitrogen and oxygen atoms in total. The van der Waals surface area contributed by atoms with E-state index in [1.165, 1.54) is 24.4 Å². The lowest BCUT2D eigenvalue weighted by atomic mass is 10.2. The van der Waals surface area contributed by atoms with Crippen LogP contribution in [0.25, 0.3) is 5.69 Å². The van der Waals surface area contributed by atoms with E-state index >= 15 is 0 Å². The third kappa shape index (κ3) is 6.31. The van der Waals surface area contributed by atoms with E-state index < -0.39 is 22.5 Å². The zero-order chi connectivity index (χ0) is 28.3. The third-order valence-corrected chi connectivity index (χ3v) is 8.83. The number of carbonyl (C=O) groups is 1. The maximum atomic E-state index is 13.5. The molecule has 3 aromatic carbocycles. The zero-order valence-corrected chi connectivity index (χ0v) is 24.4. The van der Waals surface area contributed by atoms with E-state index in [1.807, 2.05) is 30.5 Å². The fourth-order valence-electron chi connectivity index (χ4n) is 4.15. The third-order valence-electron chi connectivity index (χ3n) is 6.08. The number of nitrogens with one attached hydrogen (secondary N) is 1. The fraction of sp³-hybridized carbons (Fsp3) is 0.143. The Balaban J connectivity index is 1.58. The minimum Gasteiger partial charge on any atom is -0.318 e. The number of halogens is 3. The lowest BCUT2D eigenvalue weighted by Crippen LogP contribution is -2.40. The van der Waals surface area contributed by atoms with Gasteiger partial charge in [0, 0.05) is 27.7 Å². The van der Waals surface area contributed by atoms with Crippen LogP contribution < -0.4 is 9.73 Å². The van der Waals surface area contributed by atoms with Crippen LogP contribution in [0.4, 0.5) is 5.69 Å². The molecule has 0 spiro atoms. The number of sulfonamides is 1. The van der Waals surface area contributed by atoms with Gasteiger partial charge in [-0.1, -0.05) is 59.1 Å². The molecule has 0 aliphatic carbocycles. The smallest absolute Gasteiger partial charge is 0.264 e. The van der Waals surface area contributed by atoms with Gasteiger partial charge in [-0.25, -0.2) is 13.8 Å². The standard InChI is InChI=1S/C28H25Cl3N4O3S/c1-18-9-10-22(29)14-27(18)34(39(37,38)24-7-5-4-6-8-24)17-28(36)33-32-16-21-13-19(2)35(20(21)3)23-11-12-25(30)26(31)15-23/h4-16H,17H2,1-3H3,(H,33,36)/b32-16-. The van der Waals surface area contributed by atoms with Crippen LogP contribution in [0.1, 0.15) is 22.5 Å². The van der Waals surface area contributed by atoms with Gasteiger partial charge in [-0.05, 0) is 74.9 Å². The first-order valence-electron chi connectivity index (χ1n) is 11.8. The van der Waals surface area contributed by atoms with Gasteiger partial charge in [-0.15, -0.1) is 0 Å². The number of hydrazone groups is 1. The molecule has 39 heavy (non-hydrogen) atoms. The molecule has 0 bridgehead atoms. The summed E-state index contributed by atoms with van der Waals surface area (Å²) in [6.45, 7) is 5.09. The van der Waals surface area contributed by atoms with Crippen molar-refractivity contribution in [2.75, 3.05) is 10.8 Å². The van der Waals surface area contributed by atoms with E-state index in [2.05, 4.69) is 10.5 Å². The van der Waals surface area contributed by atoms with Crippen molar-refractivity contribution in [3.8, 4) is 5.69 Å². The van der Waals surface area contributed by atoms with Crippen molar-refractivity contribution in [3.05, 3.63) is 110 Å². The Morgan fingerprint density at radius 1 is 0.949 bits per heavy atom. The number of benzene rings is 3. The molecule has 0 aliphatic heterocycles. The Morgan fingerprint density at radius 2 is 1.67 bits per heavy atom. The molecule has 202 valence electrons. The van der Waals surface area contributed by atoms with Crippen molar-refractivity contribution in [2.24, 2.45) is 5.10 Å². The SMILES string of the molecule is Cc1ccc(Cl)cc1N(CC(=O)N/N=C\c1cc(C)n(-c2ccc(Cl)c(Cl)c2)c1C)S(=O)(=O)c1ccccc1. The molecule has 1 N–H and O–H groups in total. The Morgan fingerprint density at radius 3 is 2.36 bits per heavy atom. The Hall–Kier alpha value is -3.30. The van der Waals surface area contributed by atoms with Gasteiger partial charge in [-0.3, -0.25) is 9.10 Å². The summed E-state index contributed by atoms with van der Waals surface area (Å²) in [5.41, 5.74) is 6.78. The van der Waals surface area contributed by atoms with Gasteiger partial charge in [0.2, 0.25) is 0 Å². The number of amides is 1. The average Bonchev–Trinajstić information content (AvgIpc) is 3.18. The molecule has 0 unspecified atom stereocenters. The highest BCUT2D eigenvalue weighted by Crippen LogP contribution is 2.30. The number of hydrogen-bond donors (Lipinski definition) is 1. The van der Waals surface area contributed by atoms with Crippen LogP contribution in [0.2, 0.25) is 15.1 Å². The van der Waals surface area contributed by atoms with Crippen molar-refractivity contribution < 1.29 is 13.2 Å². The van der Waals surface area contributed by atoms with E-state index in [0.717, 1.165) is 26.9 Å². The van der Waals surface area contributed by atoms with Gasteiger partial charge in [0.05, 0.1) is 26.8 Å². The number of hydrogen-bond acceptors (Lipinski definition) is 4. The van der Waals surface area contributed by atoms with Crippen LogP contribution in [0.5, 0.6) is 0 Å². The molecular weight excluding hydrogens is 579 g/mol. The molecule has 0 saturated heterocycles. The maximum absolute atomic E-state index is 13.5. The lowest BCUT2D eigenvalue weighted by Gasteiger charge is -2.25. The molecule has 1 heterocycles. The number of aryl methyl sites for hydroxylation is 2. The molecule has 0 fully saturated rings. The normalized spacial score (nSPS) is 11.6. The Kier molecular flexibility index (Phi) is 8.71. The Bertz CT molecular complexity index is 1670. The molecule has 0 aliphatic rings. The minimum atomic E-state index is -4.07. The van der Waals surface area contributed by atoms with Gasteiger partial charge in [0.25, 0.3) is 15.9 Å². The van der Waals surface area contributed by atoms with Crippen molar-refractivity contribution in [3.63, 3.8) is 0 Å². The summed E-state index contributed by atoms with van der Waals surface area (Å²) in [6, 6.07) is 20.0. The fourth-order valence-corrected chi connectivity index (χ4v) is 6.11. The van der Waals surface area contributed by atoms with Crippen LogP contribution in [-0.2, 0) is 14.8 Å². The molecule has 11 heteroatoms. The molecular formula is C28H25Cl3N4O3S. The second-order valence-electron chi connectivity index (χ2n) is 8.81. The van der Waals surface area contributed by atoms with Gasteiger partial charge in [0.15, 0.2) is 0 Å². The summed E-state index contributed by atoms with van der Waals surface area (Å²) in [7, 11) is -4.07. The molecule has 4 rings (SSSR count). The van der Waals surface area contributed by atoms with Gasteiger partial charge >= 0.3 is 0 Å². The summed E-state index contributed by atoms with van der Waals surface area (Å²) in [5, 5.41) is 5.34. The molecule has 1 amide bonds. The second-order valence-corrected chi connectivity index (χ2v) is 11.9. The first kappa shape index (κ1) is 28.7.